The number of aliphatic carboxylic acids is 1. The molecule has 2 heteroatoms. The lowest BCUT2D eigenvalue weighted by molar-refractivity contribution is -0.137. The first-order valence-corrected chi connectivity index (χ1v) is 7.84. The molecule has 1 unspecified atom stereocenters. The Morgan fingerprint density at radius 3 is 2.00 bits per heavy atom. The quantitative estimate of drug-likeness (QED) is 0.398. The maximum absolute atomic E-state index is 10.7. The molecule has 0 fully saturated rings. The van der Waals surface area contributed by atoms with E-state index in [4.69, 9.17) is 5.11 Å². The van der Waals surface area contributed by atoms with Gasteiger partial charge < -0.3 is 5.11 Å². The van der Waals surface area contributed by atoms with Gasteiger partial charge >= 0.3 is 5.97 Å². The highest BCUT2D eigenvalue weighted by atomic mass is 16.4. The van der Waals surface area contributed by atoms with E-state index in [1.807, 2.05) is 0 Å². The number of rotatable bonds is 12. The molecule has 0 aliphatic carbocycles. The Labute approximate surface area is 119 Å². The number of carboxylic acid groups (broad SMARTS) is 1. The average Bonchev–Trinajstić information content (AvgIpc) is 2.36. The molecule has 0 rings (SSSR count). The first-order valence-electron chi connectivity index (χ1n) is 7.84. The summed E-state index contributed by atoms with van der Waals surface area (Å²) in [5.74, 6) is 5.16. The van der Waals surface area contributed by atoms with Crippen LogP contribution >= 0.6 is 0 Å². The zero-order valence-corrected chi connectivity index (χ0v) is 12.7. The zero-order chi connectivity index (χ0) is 14.3. The van der Waals surface area contributed by atoms with Crippen molar-refractivity contribution in [3.63, 3.8) is 0 Å². The molecule has 2 nitrogen and oxygen atoms in total. The third-order valence-electron chi connectivity index (χ3n) is 3.43. The van der Waals surface area contributed by atoms with E-state index in [1.54, 1.807) is 6.92 Å². The molecule has 0 saturated heterocycles. The van der Waals surface area contributed by atoms with Crippen molar-refractivity contribution in [1.29, 1.82) is 0 Å². The predicted octanol–water partition coefficient (Wildman–Crippen LogP) is 5.02. The van der Waals surface area contributed by atoms with Gasteiger partial charge in [-0.15, -0.1) is 5.92 Å². The molecule has 110 valence electrons. The van der Waals surface area contributed by atoms with Crippen LogP contribution in [0.3, 0.4) is 0 Å². The molecule has 0 heterocycles. The Bertz CT molecular complexity index is 273. The Morgan fingerprint density at radius 1 is 1.00 bits per heavy atom. The summed E-state index contributed by atoms with van der Waals surface area (Å²) in [6.45, 7) is 4.03. The fraction of sp³-hybridized carbons (Fsp3) is 0.824. The van der Waals surface area contributed by atoms with Gasteiger partial charge in [0.25, 0.3) is 0 Å². The molecule has 1 N–H and O–H groups in total. The van der Waals surface area contributed by atoms with Gasteiger partial charge in [-0.05, 0) is 13.3 Å². The Kier molecular flexibility index (Phi) is 12.8. The molecule has 0 aromatic rings. The van der Waals surface area contributed by atoms with Gasteiger partial charge in [0.2, 0.25) is 0 Å². The van der Waals surface area contributed by atoms with Crippen molar-refractivity contribution in [2.24, 2.45) is 5.92 Å². The van der Waals surface area contributed by atoms with Gasteiger partial charge in [0.05, 0.1) is 6.42 Å². The Morgan fingerprint density at radius 2 is 1.53 bits per heavy atom. The summed E-state index contributed by atoms with van der Waals surface area (Å²) in [5.41, 5.74) is 0. The SMILES string of the molecule is CC#CC(CCCCCCCCCCC)CC(=O)O. The van der Waals surface area contributed by atoms with Crippen LogP contribution in [0.4, 0.5) is 0 Å². The minimum atomic E-state index is -0.733. The summed E-state index contributed by atoms with van der Waals surface area (Å²) in [7, 11) is 0. The van der Waals surface area contributed by atoms with Crippen LogP contribution in [0.1, 0.15) is 84.5 Å². The summed E-state index contributed by atoms with van der Waals surface area (Å²) in [4.78, 5) is 10.7. The zero-order valence-electron chi connectivity index (χ0n) is 12.7. The molecule has 0 spiro atoms. The van der Waals surface area contributed by atoms with Crippen molar-refractivity contribution in [1.82, 2.24) is 0 Å². The molecule has 0 aliphatic rings. The second-order valence-electron chi connectivity index (χ2n) is 5.31. The maximum Gasteiger partial charge on any atom is 0.304 e. The number of carboxylic acids is 1. The van der Waals surface area contributed by atoms with Crippen molar-refractivity contribution in [3.8, 4) is 11.8 Å². The number of hydrogen-bond acceptors (Lipinski definition) is 1. The molecule has 19 heavy (non-hydrogen) atoms. The number of hydrogen-bond donors (Lipinski definition) is 1. The third kappa shape index (κ3) is 13.3. The van der Waals surface area contributed by atoms with Crippen LogP contribution in [0.15, 0.2) is 0 Å². The lowest BCUT2D eigenvalue weighted by atomic mass is 9.97. The molecule has 0 saturated carbocycles. The lowest BCUT2D eigenvalue weighted by Gasteiger charge is -2.07. The first-order chi connectivity index (χ1) is 9.20. The van der Waals surface area contributed by atoms with E-state index in [2.05, 4.69) is 18.8 Å². The minimum absolute atomic E-state index is 0.0482. The monoisotopic (exact) mass is 266 g/mol. The van der Waals surface area contributed by atoms with Crippen molar-refractivity contribution in [2.45, 2.75) is 84.5 Å². The van der Waals surface area contributed by atoms with E-state index in [-0.39, 0.29) is 12.3 Å². The molecule has 0 aliphatic heterocycles. The lowest BCUT2D eigenvalue weighted by Crippen LogP contribution is -2.05. The van der Waals surface area contributed by atoms with Gasteiger partial charge in [0.15, 0.2) is 0 Å². The molecule has 0 radical (unpaired) electrons. The number of unbranched alkanes of at least 4 members (excludes halogenated alkanes) is 8. The summed E-state index contributed by atoms with van der Waals surface area (Å²) in [6.07, 6.45) is 12.8. The molecule has 0 bridgehead atoms. The molecular weight excluding hydrogens is 236 g/mol. The fourth-order valence-corrected chi connectivity index (χ4v) is 2.34. The Hall–Kier alpha value is -0.970. The summed E-state index contributed by atoms with van der Waals surface area (Å²) >= 11 is 0. The molecule has 0 aromatic carbocycles. The van der Waals surface area contributed by atoms with Crippen LogP contribution in [-0.4, -0.2) is 11.1 Å². The van der Waals surface area contributed by atoms with Crippen LogP contribution in [0.2, 0.25) is 0 Å². The smallest absolute Gasteiger partial charge is 0.304 e. The molecule has 1 atom stereocenters. The van der Waals surface area contributed by atoms with Gasteiger partial charge in [-0.25, -0.2) is 0 Å². The van der Waals surface area contributed by atoms with Gasteiger partial charge in [0.1, 0.15) is 0 Å². The highest BCUT2D eigenvalue weighted by molar-refractivity contribution is 5.67. The standard InChI is InChI=1S/C17H30O2/c1-3-5-6-7-8-9-10-11-12-14-16(13-4-2)15-17(18)19/h16H,3,5-12,14-15H2,1-2H3,(H,18,19). The van der Waals surface area contributed by atoms with Crippen LogP contribution in [0.25, 0.3) is 0 Å². The summed E-state index contributed by atoms with van der Waals surface area (Å²) in [5, 5.41) is 8.79. The van der Waals surface area contributed by atoms with Crippen molar-refractivity contribution < 1.29 is 9.90 Å². The summed E-state index contributed by atoms with van der Waals surface area (Å²) < 4.78 is 0. The van der Waals surface area contributed by atoms with E-state index >= 15 is 0 Å². The molecule has 0 aromatic heterocycles. The van der Waals surface area contributed by atoms with Crippen molar-refractivity contribution in [2.75, 3.05) is 0 Å². The van der Waals surface area contributed by atoms with E-state index in [9.17, 15) is 4.79 Å². The topological polar surface area (TPSA) is 37.3 Å². The fourth-order valence-electron chi connectivity index (χ4n) is 2.34. The average molecular weight is 266 g/mol. The van der Waals surface area contributed by atoms with Crippen LogP contribution in [-0.2, 0) is 4.79 Å². The molecule has 0 amide bonds. The van der Waals surface area contributed by atoms with E-state index in [0.29, 0.717) is 0 Å². The first kappa shape index (κ1) is 18.0. The summed E-state index contributed by atoms with van der Waals surface area (Å²) in [6, 6.07) is 0. The Balaban J connectivity index is 3.44. The van der Waals surface area contributed by atoms with Crippen molar-refractivity contribution >= 4 is 5.97 Å². The third-order valence-corrected chi connectivity index (χ3v) is 3.43. The van der Waals surface area contributed by atoms with Crippen LogP contribution in [0, 0.1) is 17.8 Å². The second-order valence-corrected chi connectivity index (χ2v) is 5.31. The molecular formula is C17H30O2. The maximum atomic E-state index is 10.7. The van der Waals surface area contributed by atoms with Gasteiger partial charge in [-0.2, -0.15) is 0 Å². The van der Waals surface area contributed by atoms with Gasteiger partial charge in [0, 0.05) is 5.92 Å². The van der Waals surface area contributed by atoms with E-state index in [0.717, 1.165) is 12.8 Å². The van der Waals surface area contributed by atoms with Crippen molar-refractivity contribution in [3.05, 3.63) is 0 Å². The largest absolute Gasteiger partial charge is 0.481 e. The van der Waals surface area contributed by atoms with Crippen LogP contribution in [0.5, 0.6) is 0 Å². The van der Waals surface area contributed by atoms with Gasteiger partial charge in [-0.3, -0.25) is 4.79 Å². The van der Waals surface area contributed by atoms with E-state index < -0.39 is 5.97 Å². The highest BCUT2D eigenvalue weighted by Gasteiger charge is 2.09. The normalized spacial score (nSPS) is 11.7. The van der Waals surface area contributed by atoms with Gasteiger partial charge in [-0.1, -0.05) is 70.6 Å². The van der Waals surface area contributed by atoms with E-state index in [1.165, 1.54) is 51.4 Å². The number of carbonyl (C=O) groups is 1. The second kappa shape index (κ2) is 13.5. The predicted molar refractivity (Wildman–Crippen MR) is 81.0 cm³/mol. The van der Waals surface area contributed by atoms with Crippen LogP contribution < -0.4 is 0 Å². The highest BCUT2D eigenvalue weighted by Crippen LogP contribution is 2.15. The minimum Gasteiger partial charge on any atom is -0.481 e.